The van der Waals surface area contributed by atoms with Crippen LogP contribution in [0.1, 0.15) is 50.2 Å². The lowest BCUT2D eigenvalue weighted by Crippen LogP contribution is -2.43. The number of benzene rings is 2. The summed E-state index contributed by atoms with van der Waals surface area (Å²) in [4.78, 5) is 41.2. The van der Waals surface area contributed by atoms with Crippen molar-refractivity contribution in [2.75, 3.05) is 34.5 Å². The van der Waals surface area contributed by atoms with Gasteiger partial charge in [-0.15, -0.1) is 0 Å². The number of methoxy groups -OCH3 is 3. The molecule has 0 radical (unpaired) electrons. The molecule has 0 saturated carbocycles. The van der Waals surface area contributed by atoms with Crippen LogP contribution in [0.15, 0.2) is 65.0 Å². The van der Waals surface area contributed by atoms with Gasteiger partial charge in [0.2, 0.25) is 0 Å². The molecule has 0 amide bonds. The Kier molecular flexibility index (Phi) is 8.82. The van der Waals surface area contributed by atoms with Gasteiger partial charge in [-0.05, 0) is 51.0 Å². The number of allylic oxidation sites excluding steroid dienone is 3. The Balaban J connectivity index is 1.93. The average molecular weight is 550 g/mol. The Morgan fingerprint density at radius 1 is 0.900 bits per heavy atom. The molecule has 2 aliphatic rings. The molecule has 1 N–H and O–H groups in total. The molecule has 1 heterocycles. The molecule has 2 aromatic rings. The minimum atomic E-state index is -1.11. The third-order valence-electron chi connectivity index (χ3n) is 7.35. The van der Waals surface area contributed by atoms with Crippen molar-refractivity contribution in [3.8, 4) is 17.2 Å². The van der Waals surface area contributed by atoms with Crippen molar-refractivity contribution in [1.82, 2.24) is 5.32 Å². The average Bonchev–Trinajstić information content (AvgIpc) is 2.96. The van der Waals surface area contributed by atoms with Gasteiger partial charge in [-0.3, -0.25) is 9.59 Å². The Morgan fingerprint density at radius 2 is 1.55 bits per heavy atom. The van der Waals surface area contributed by atoms with Gasteiger partial charge >= 0.3 is 11.9 Å². The number of dihydropyridines is 1. The summed E-state index contributed by atoms with van der Waals surface area (Å²) in [6.45, 7) is 5.50. The van der Waals surface area contributed by atoms with Gasteiger partial charge in [0.25, 0.3) is 0 Å². The van der Waals surface area contributed by atoms with Gasteiger partial charge in [-0.1, -0.05) is 18.2 Å². The number of esters is 2. The molecular weight excluding hydrogens is 514 g/mol. The number of ketones is 1. The summed E-state index contributed by atoms with van der Waals surface area (Å²) in [7, 11) is 4.63. The van der Waals surface area contributed by atoms with Crippen molar-refractivity contribution in [1.29, 1.82) is 0 Å². The van der Waals surface area contributed by atoms with Gasteiger partial charge in [0.15, 0.2) is 5.78 Å². The largest absolute Gasteiger partial charge is 0.497 e. The van der Waals surface area contributed by atoms with Gasteiger partial charge < -0.3 is 29.0 Å². The summed E-state index contributed by atoms with van der Waals surface area (Å²) < 4.78 is 27.2. The molecule has 9 heteroatoms. The van der Waals surface area contributed by atoms with Gasteiger partial charge in [0.05, 0.1) is 46.0 Å². The number of carbonyl (C=O) groups excluding carboxylic acids is 3. The number of carbonyl (C=O) groups is 3. The molecule has 0 fully saturated rings. The van der Waals surface area contributed by atoms with E-state index in [0.717, 1.165) is 5.56 Å². The number of hydrogen-bond acceptors (Lipinski definition) is 9. The Morgan fingerprint density at radius 3 is 2.15 bits per heavy atom. The molecule has 0 unspecified atom stereocenters. The van der Waals surface area contributed by atoms with E-state index < -0.39 is 35.5 Å². The zero-order valence-electron chi connectivity index (χ0n) is 23.7. The highest BCUT2D eigenvalue weighted by Gasteiger charge is 2.49. The molecule has 0 bridgehead atoms. The first-order valence-electron chi connectivity index (χ1n) is 13.2. The Labute approximate surface area is 234 Å². The lowest BCUT2D eigenvalue weighted by molar-refractivity contribution is -0.152. The smallest absolute Gasteiger partial charge is 0.336 e. The standard InChI is InChI=1S/C31H35NO8/c1-7-39-30(34)25-17(3)32-23-16-22(18-9-11-19(36-4)12-10-18)27(31(35)40-8-2)29(33)28(23)26(25)21-14-13-20(37-5)15-24(21)38-6/h9-15,22,26-27,32H,7-8,16H2,1-6H3/t22-,26-,27+/m1/s1. The second kappa shape index (κ2) is 12.3. The fraction of sp³-hybridized carbons (Fsp3) is 0.387. The van der Waals surface area contributed by atoms with Gasteiger partial charge in [0, 0.05) is 34.5 Å². The summed E-state index contributed by atoms with van der Waals surface area (Å²) in [5.74, 6) is -2.35. The van der Waals surface area contributed by atoms with Crippen LogP contribution in [-0.2, 0) is 23.9 Å². The number of rotatable bonds is 9. The van der Waals surface area contributed by atoms with E-state index in [1.54, 1.807) is 65.3 Å². The summed E-state index contributed by atoms with van der Waals surface area (Å²) in [5, 5.41) is 3.31. The summed E-state index contributed by atoms with van der Waals surface area (Å²) in [5.41, 5.74) is 3.19. The first-order valence-corrected chi connectivity index (χ1v) is 13.2. The molecule has 2 aromatic carbocycles. The minimum Gasteiger partial charge on any atom is -0.497 e. The molecule has 40 heavy (non-hydrogen) atoms. The zero-order chi connectivity index (χ0) is 29.0. The van der Waals surface area contributed by atoms with E-state index in [0.29, 0.717) is 46.2 Å². The molecule has 1 aliphatic heterocycles. The maximum absolute atomic E-state index is 14.5. The molecular formula is C31H35NO8. The van der Waals surface area contributed by atoms with Crippen molar-refractivity contribution in [2.45, 2.75) is 39.0 Å². The summed E-state index contributed by atoms with van der Waals surface area (Å²) >= 11 is 0. The molecule has 0 aromatic heterocycles. The van der Waals surface area contributed by atoms with Crippen LogP contribution < -0.4 is 19.5 Å². The molecule has 3 atom stereocenters. The maximum Gasteiger partial charge on any atom is 0.336 e. The van der Waals surface area contributed by atoms with Crippen LogP contribution in [0.2, 0.25) is 0 Å². The van der Waals surface area contributed by atoms with Crippen molar-refractivity contribution >= 4 is 17.7 Å². The Hall–Kier alpha value is -4.27. The van der Waals surface area contributed by atoms with Gasteiger partial charge in [0.1, 0.15) is 23.2 Å². The van der Waals surface area contributed by atoms with Crippen LogP contribution in [0.5, 0.6) is 17.2 Å². The second-order valence-electron chi connectivity index (χ2n) is 9.50. The molecule has 212 valence electrons. The molecule has 0 spiro atoms. The summed E-state index contributed by atoms with van der Waals surface area (Å²) in [6, 6.07) is 12.5. The predicted octanol–water partition coefficient (Wildman–Crippen LogP) is 4.43. The highest BCUT2D eigenvalue weighted by Crippen LogP contribution is 2.50. The second-order valence-corrected chi connectivity index (χ2v) is 9.50. The van der Waals surface area contributed by atoms with Crippen molar-refractivity contribution in [3.05, 3.63) is 76.1 Å². The molecule has 9 nitrogen and oxygen atoms in total. The first-order chi connectivity index (χ1) is 19.3. The van der Waals surface area contributed by atoms with E-state index in [2.05, 4.69) is 5.32 Å². The fourth-order valence-corrected chi connectivity index (χ4v) is 5.55. The van der Waals surface area contributed by atoms with E-state index in [1.165, 1.54) is 7.11 Å². The predicted molar refractivity (Wildman–Crippen MR) is 147 cm³/mol. The highest BCUT2D eigenvalue weighted by molar-refractivity contribution is 6.13. The van der Waals surface area contributed by atoms with Crippen molar-refractivity contribution in [2.24, 2.45) is 5.92 Å². The third kappa shape index (κ3) is 5.28. The van der Waals surface area contributed by atoms with E-state index in [1.807, 2.05) is 12.1 Å². The fourth-order valence-electron chi connectivity index (χ4n) is 5.55. The SMILES string of the molecule is CCOC(=O)C1=C(C)NC2=C(C(=O)[C@@H](C(=O)OCC)[C@@H](c3ccc(OC)cc3)C2)[C@@H]1c1ccc(OC)cc1OC. The molecule has 1 aliphatic carbocycles. The quantitative estimate of drug-likeness (QED) is 0.359. The normalized spacial score (nSPS) is 20.4. The van der Waals surface area contributed by atoms with E-state index in [4.69, 9.17) is 23.7 Å². The summed E-state index contributed by atoms with van der Waals surface area (Å²) in [6.07, 6.45) is 0.347. The van der Waals surface area contributed by atoms with E-state index in [9.17, 15) is 14.4 Å². The topological polar surface area (TPSA) is 109 Å². The van der Waals surface area contributed by atoms with Crippen LogP contribution in [0.4, 0.5) is 0 Å². The van der Waals surface area contributed by atoms with Crippen LogP contribution in [-0.4, -0.2) is 52.3 Å². The van der Waals surface area contributed by atoms with E-state index >= 15 is 0 Å². The number of Topliss-reactive ketones (excluding diaryl/α,β-unsaturated/α-hetero) is 1. The lowest BCUT2D eigenvalue weighted by atomic mass is 9.67. The van der Waals surface area contributed by atoms with Gasteiger partial charge in [-0.25, -0.2) is 4.79 Å². The van der Waals surface area contributed by atoms with E-state index in [-0.39, 0.29) is 18.8 Å². The van der Waals surface area contributed by atoms with Crippen LogP contribution in [0.3, 0.4) is 0 Å². The zero-order valence-corrected chi connectivity index (χ0v) is 23.7. The van der Waals surface area contributed by atoms with Crippen molar-refractivity contribution in [3.63, 3.8) is 0 Å². The van der Waals surface area contributed by atoms with Crippen LogP contribution in [0.25, 0.3) is 0 Å². The monoisotopic (exact) mass is 549 g/mol. The highest BCUT2D eigenvalue weighted by atomic mass is 16.5. The third-order valence-corrected chi connectivity index (χ3v) is 7.35. The first kappa shape index (κ1) is 28.7. The number of hydrogen-bond donors (Lipinski definition) is 1. The van der Waals surface area contributed by atoms with Gasteiger partial charge in [-0.2, -0.15) is 0 Å². The van der Waals surface area contributed by atoms with Crippen LogP contribution >= 0.6 is 0 Å². The maximum atomic E-state index is 14.5. The van der Waals surface area contributed by atoms with Crippen molar-refractivity contribution < 1.29 is 38.1 Å². The molecule has 4 rings (SSSR count). The van der Waals surface area contributed by atoms with Crippen LogP contribution in [0, 0.1) is 5.92 Å². The number of nitrogens with one attached hydrogen (secondary N) is 1. The molecule has 0 saturated heterocycles. The Bertz CT molecular complexity index is 1360. The minimum absolute atomic E-state index is 0.130. The number of ether oxygens (including phenoxy) is 5. The lowest BCUT2D eigenvalue weighted by Gasteiger charge is -2.39.